The molecule has 1 aliphatic rings. The van der Waals surface area contributed by atoms with Crippen LogP contribution < -0.4 is 16.0 Å². The van der Waals surface area contributed by atoms with Crippen LogP contribution in [0, 0.1) is 0 Å². The third-order valence-electron chi connectivity index (χ3n) is 10.4. The number of amides is 3. The van der Waals surface area contributed by atoms with Crippen LogP contribution in [0.1, 0.15) is 110 Å². The number of hydrogen-bond acceptors (Lipinski definition) is 11. The first-order chi connectivity index (χ1) is 30.3. The lowest BCUT2D eigenvalue weighted by Crippen LogP contribution is -2.66. The molecule has 2 aromatic carbocycles. The summed E-state index contributed by atoms with van der Waals surface area (Å²) >= 11 is 0. The summed E-state index contributed by atoms with van der Waals surface area (Å²) in [7, 11) is 0. The number of alkyl carbamates (subject to hydrolysis) is 1. The van der Waals surface area contributed by atoms with E-state index in [2.05, 4.69) is 16.0 Å². The standard InChI is InChI=1S/C47H71F2N3O11/c1-7-11-25-57-32-38-39(58-26-12-8-2)40(59-27-13-9-3)41(60-28-14-10-4)42(63-38)47(48,49)29-37(52-46(56)62-31-36-23-19-16-20-24-36)44(54)50-33(5)43(53)51-34(6)45(55)61-30-35-21-17-15-18-22-35/h15-24,33-34,37-42H,7-14,25-32H2,1-6H3,(H,50,54)(H,51,53)(H,52,56)/t33-,34-,37-,38+,39-,40-,41+,42+/m0/s1. The van der Waals surface area contributed by atoms with Crippen molar-refractivity contribution in [3.05, 3.63) is 71.8 Å². The van der Waals surface area contributed by atoms with Crippen molar-refractivity contribution in [2.24, 2.45) is 0 Å². The number of benzene rings is 2. The third kappa shape index (κ3) is 18.8. The minimum absolute atomic E-state index is 0.0197. The average Bonchev–Trinajstić information content (AvgIpc) is 3.27. The van der Waals surface area contributed by atoms with E-state index < -0.39 is 84.9 Å². The molecule has 0 unspecified atom stereocenters. The largest absolute Gasteiger partial charge is 0.459 e. The van der Waals surface area contributed by atoms with E-state index in [1.165, 1.54) is 13.8 Å². The molecular weight excluding hydrogens is 821 g/mol. The Morgan fingerprint density at radius 1 is 0.635 bits per heavy atom. The van der Waals surface area contributed by atoms with Crippen LogP contribution in [-0.4, -0.2) is 111 Å². The first kappa shape index (κ1) is 53.1. The predicted octanol–water partition coefficient (Wildman–Crippen LogP) is 7.20. The third-order valence-corrected chi connectivity index (χ3v) is 10.4. The van der Waals surface area contributed by atoms with Crippen LogP contribution in [0.5, 0.6) is 0 Å². The van der Waals surface area contributed by atoms with Crippen molar-refractivity contribution in [2.45, 2.75) is 167 Å². The zero-order valence-electron chi connectivity index (χ0n) is 38.0. The Bertz CT molecular complexity index is 1610. The fourth-order valence-electron chi connectivity index (χ4n) is 6.63. The maximum Gasteiger partial charge on any atom is 0.408 e. The first-order valence-electron chi connectivity index (χ1n) is 22.6. The summed E-state index contributed by atoms with van der Waals surface area (Å²) in [5, 5.41) is 7.21. The van der Waals surface area contributed by atoms with Crippen molar-refractivity contribution in [1.82, 2.24) is 16.0 Å². The topological polar surface area (TPSA) is 169 Å². The van der Waals surface area contributed by atoms with Crippen LogP contribution in [0.25, 0.3) is 0 Å². The van der Waals surface area contributed by atoms with E-state index >= 15 is 8.78 Å². The Morgan fingerprint density at radius 3 is 1.68 bits per heavy atom. The van der Waals surface area contributed by atoms with E-state index in [0.717, 1.165) is 44.1 Å². The summed E-state index contributed by atoms with van der Waals surface area (Å²) in [6.07, 6.45) is -2.59. The Kier molecular flexibility index (Phi) is 24.7. The molecule has 0 spiro atoms. The van der Waals surface area contributed by atoms with Gasteiger partial charge in [0.05, 0.1) is 6.61 Å². The SMILES string of the molecule is CCCCOC[C@H]1O[C@@H](C(F)(F)C[C@H](NC(=O)OCc2ccccc2)C(=O)N[C@@H](C)C(=O)N[C@@H](C)C(=O)OCc2ccccc2)[C@H](OCCCC)[C@@H](OCCCC)[C@H]1OCCCC. The number of carbonyl (C=O) groups is 4. The van der Waals surface area contributed by atoms with Crippen LogP contribution in [0.15, 0.2) is 60.7 Å². The molecule has 8 atom stereocenters. The summed E-state index contributed by atoms with van der Waals surface area (Å²) in [5.74, 6) is -6.49. The molecule has 0 radical (unpaired) electrons. The lowest BCUT2D eigenvalue weighted by molar-refractivity contribution is -0.306. The van der Waals surface area contributed by atoms with Gasteiger partial charge in [0.1, 0.15) is 55.8 Å². The molecule has 3 N–H and O–H groups in total. The van der Waals surface area contributed by atoms with Crippen molar-refractivity contribution in [2.75, 3.05) is 33.0 Å². The summed E-state index contributed by atoms with van der Waals surface area (Å²) in [4.78, 5) is 53.1. The second kappa shape index (κ2) is 29.3. The highest BCUT2D eigenvalue weighted by Gasteiger charge is 2.58. The summed E-state index contributed by atoms with van der Waals surface area (Å²) < 4.78 is 76.5. The second-order valence-corrected chi connectivity index (χ2v) is 15.9. The van der Waals surface area contributed by atoms with E-state index in [1.54, 1.807) is 54.6 Å². The van der Waals surface area contributed by atoms with Gasteiger partial charge in [-0.15, -0.1) is 0 Å². The highest BCUT2D eigenvalue weighted by atomic mass is 19.3. The maximum atomic E-state index is 17.3. The minimum Gasteiger partial charge on any atom is -0.459 e. The number of halogens is 2. The van der Waals surface area contributed by atoms with Gasteiger partial charge in [-0.05, 0) is 50.7 Å². The van der Waals surface area contributed by atoms with Gasteiger partial charge >= 0.3 is 12.1 Å². The summed E-state index contributed by atoms with van der Waals surface area (Å²) in [6, 6.07) is 13.3. The normalized spacial score (nSPS) is 20.2. The monoisotopic (exact) mass is 892 g/mol. The van der Waals surface area contributed by atoms with Crippen molar-refractivity contribution >= 4 is 23.9 Å². The van der Waals surface area contributed by atoms with Crippen molar-refractivity contribution in [1.29, 1.82) is 0 Å². The molecule has 1 heterocycles. The van der Waals surface area contributed by atoms with E-state index in [4.69, 9.17) is 33.2 Å². The van der Waals surface area contributed by atoms with E-state index in [-0.39, 0.29) is 33.0 Å². The fourth-order valence-corrected chi connectivity index (χ4v) is 6.63. The van der Waals surface area contributed by atoms with Gasteiger partial charge in [0, 0.05) is 32.8 Å². The molecular formula is C47H71F2N3O11. The first-order valence-corrected chi connectivity index (χ1v) is 22.6. The number of unbranched alkanes of at least 4 members (excludes halogenated alkanes) is 4. The molecule has 1 aliphatic heterocycles. The number of carbonyl (C=O) groups excluding carboxylic acids is 4. The van der Waals surface area contributed by atoms with Crippen LogP contribution in [0.4, 0.5) is 13.6 Å². The molecule has 354 valence electrons. The van der Waals surface area contributed by atoms with Crippen molar-refractivity contribution in [3.8, 4) is 0 Å². The average molecular weight is 892 g/mol. The van der Waals surface area contributed by atoms with E-state index in [9.17, 15) is 19.2 Å². The highest BCUT2D eigenvalue weighted by molar-refractivity contribution is 5.92. The molecule has 1 saturated heterocycles. The molecule has 2 aromatic rings. The zero-order chi connectivity index (χ0) is 46.0. The highest BCUT2D eigenvalue weighted by Crippen LogP contribution is 2.39. The molecule has 0 aliphatic carbocycles. The van der Waals surface area contributed by atoms with Crippen molar-refractivity contribution in [3.63, 3.8) is 0 Å². The Morgan fingerprint density at radius 2 is 1.13 bits per heavy atom. The number of ether oxygens (including phenoxy) is 7. The van der Waals surface area contributed by atoms with Crippen LogP contribution in [0.3, 0.4) is 0 Å². The van der Waals surface area contributed by atoms with Gasteiger partial charge in [-0.3, -0.25) is 9.59 Å². The van der Waals surface area contributed by atoms with E-state index in [1.807, 2.05) is 33.8 Å². The summed E-state index contributed by atoms with van der Waals surface area (Å²) in [5.41, 5.74) is 1.37. The lowest BCUT2D eigenvalue weighted by atomic mass is 9.88. The molecule has 0 aromatic heterocycles. The van der Waals surface area contributed by atoms with Crippen LogP contribution in [-0.2, 0) is 60.8 Å². The number of hydrogen-bond donors (Lipinski definition) is 3. The molecule has 3 amide bonds. The van der Waals surface area contributed by atoms with Crippen LogP contribution >= 0.6 is 0 Å². The van der Waals surface area contributed by atoms with Gasteiger partial charge in [0.15, 0.2) is 6.10 Å². The molecule has 63 heavy (non-hydrogen) atoms. The van der Waals surface area contributed by atoms with Gasteiger partial charge < -0.3 is 49.1 Å². The molecule has 0 bridgehead atoms. The quantitative estimate of drug-likeness (QED) is 0.0536. The molecule has 1 fully saturated rings. The number of alkyl halides is 2. The van der Waals surface area contributed by atoms with Crippen LogP contribution in [0.2, 0.25) is 0 Å². The molecule has 0 saturated carbocycles. The molecule has 3 rings (SSSR count). The Labute approximate surface area is 372 Å². The summed E-state index contributed by atoms with van der Waals surface area (Å²) in [6.45, 7) is 11.5. The van der Waals surface area contributed by atoms with Gasteiger partial charge in [0.25, 0.3) is 5.92 Å². The molecule has 16 heteroatoms. The lowest BCUT2D eigenvalue weighted by Gasteiger charge is -2.48. The van der Waals surface area contributed by atoms with Gasteiger partial charge in [-0.25, -0.2) is 18.4 Å². The van der Waals surface area contributed by atoms with E-state index in [0.29, 0.717) is 31.6 Å². The fraction of sp³-hybridized carbons (Fsp3) is 0.660. The Hall–Kier alpha value is -4.22. The zero-order valence-corrected chi connectivity index (χ0v) is 38.0. The Balaban J connectivity index is 1.91. The smallest absolute Gasteiger partial charge is 0.408 e. The van der Waals surface area contributed by atoms with Gasteiger partial charge in [-0.1, -0.05) is 114 Å². The molecule has 14 nitrogen and oxygen atoms in total. The second-order valence-electron chi connectivity index (χ2n) is 15.9. The predicted molar refractivity (Wildman–Crippen MR) is 233 cm³/mol. The number of esters is 1. The van der Waals surface area contributed by atoms with Crippen molar-refractivity contribution < 1.29 is 61.1 Å². The maximum absolute atomic E-state index is 17.3. The van der Waals surface area contributed by atoms with Gasteiger partial charge in [0.2, 0.25) is 11.8 Å². The van der Waals surface area contributed by atoms with Gasteiger partial charge in [-0.2, -0.15) is 0 Å². The number of rotatable bonds is 30. The minimum atomic E-state index is -3.86. The number of nitrogens with one attached hydrogen (secondary N) is 3.